The molecule has 0 N–H and O–H groups in total. The van der Waals surface area contributed by atoms with Crippen LogP contribution in [0.1, 0.15) is 29.6 Å². The van der Waals surface area contributed by atoms with Crippen molar-refractivity contribution in [2.75, 3.05) is 12.9 Å². The molecule has 1 aromatic carbocycles. The van der Waals surface area contributed by atoms with Gasteiger partial charge < -0.3 is 4.74 Å². The van der Waals surface area contributed by atoms with Crippen LogP contribution in [0.5, 0.6) is 5.75 Å². The van der Waals surface area contributed by atoms with Gasteiger partial charge in [0.25, 0.3) is 0 Å². The van der Waals surface area contributed by atoms with E-state index >= 15 is 0 Å². The number of Topliss-reactive ketones (excluding diaryl/α,β-unsaturated/α-hetero) is 1. The summed E-state index contributed by atoms with van der Waals surface area (Å²) in [7, 11) is -2.06. The van der Waals surface area contributed by atoms with E-state index in [9.17, 15) is 17.6 Å². The Labute approximate surface area is 111 Å². The third-order valence-corrected chi connectivity index (χ3v) is 5.49. The minimum atomic E-state index is -3.45. The highest BCUT2D eigenvalue weighted by Gasteiger charge is 2.36. The summed E-state index contributed by atoms with van der Waals surface area (Å²) in [6.45, 7) is 0. The standard InChI is InChI=1S/C13H15FO4S/c1-18-9-5-6-10(11(14)8-9)13(15)12-4-2-3-7-19(12,16)17/h5-6,8,12H,2-4,7H2,1H3. The number of methoxy groups -OCH3 is 1. The first-order valence-electron chi connectivity index (χ1n) is 6.05. The molecular weight excluding hydrogens is 271 g/mol. The molecule has 1 fully saturated rings. The number of benzene rings is 1. The number of ketones is 1. The number of rotatable bonds is 3. The van der Waals surface area contributed by atoms with E-state index in [0.717, 1.165) is 6.07 Å². The molecule has 0 radical (unpaired) electrons. The fourth-order valence-electron chi connectivity index (χ4n) is 2.25. The fraction of sp³-hybridized carbons (Fsp3) is 0.462. The Morgan fingerprint density at radius 1 is 1.37 bits per heavy atom. The normalized spacial score (nSPS) is 21.9. The predicted molar refractivity (Wildman–Crippen MR) is 68.7 cm³/mol. The van der Waals surface area contributed by atoms with E-state index in [-0.39, 0.29) is 17.7 Å². The Morgan fingerprint density at radius 3 is 2.68 bits per heavy atom. The summed E-state index contributed by atoms with van der Waals surface area (Å²) in [6, 6.07) is 3.81. The van der Waals surface area contributed by atoms with Crippen LogP contribution >= 0.6 is 0 Å². The van der Waals surface area contributed by atoms with Gasteiger partial charge in [-0.25, -0.2) is 12.8 Å². The quantitative estimate of drug-likeness (QED) is 0.797. The van der Waals surface area contributed by atoms with Gasteiger partial charge in [0.1, 0.15) is 16.8 Å². The molecule has 0 aromatic heterocycles. The van der Waals surface area contributed by atoms with Crippen LogP contribution in [0.2, 0.25) is 0 Å². The molecule has 0 spiro atoms. The molecule has 2 rings (SSSR count). The highest BCUT2D eigenvalue weighted by Crippen LogP contribution is 2.25. The summed E-state index contributed by atoms with van der Waals surface area (Å²) >= 11 is 0. The number of hydrogen-bond donors (Lipinski definition) is 0. The molecule has 0 amide bonds. The van der Waals surface area contributed by atoms with Crippen LogP contribution in [0, 0.1) is 5.82 Å². The smallest absolute Gasteiger partial charge is 0.183 e. The van der Waals surface area contributed by atoms with Gasteiger partial charge >= 0.3 is 0 Å². The molecule has 1 heterocycles. The maximum absolute atomic E-state index is 13.8. The number of sulfone groups is 1. The van der Waals surface area contributed by atoms with Crippen LogP contribution in [-0.2, 0) is 9.84 Å². The zero-order valence-corrected chi connectivity index (χ0v) is 11.4. The van der Waals surface area contributed by atoms with Gasteiger partial charge in [-0.3, -0.25) is 4.79 Å². The van der Waals surface area contributed by atoms with Crippen LogP contribution in [0.3, 0.4) is 0 Å². The van der Waals surface area contributed by atoms with Crippen molar-refractivity contribution >= 4 is 15.6 Å². The molecule has 0 saturated carbocycles. The maximum Gasteiger partial charge on any atom is 0.183 e. The summed E-state index contributed by atoms with van der Waals surface area (Å²) in [6.07, 6.45) is 1.51. The van der Waals surface area contributed by atoms with Crippen molar-refractivity contribution in [1.29, 1.82) is 0 Å². The fourth-order valence-corrected chi connectivity index (χ4v) is 4.11. The molecule has 1 aromatic rings. The first-order chi connectivity index (χ1) is 8.95. The summed E-state index contributed by atoms with van der Waals surface area (Å²) < 4.78 is 42.4. The number of carbonyl (C=O) groups is 1. The van der Waals surface area contributed by atoms with Crippen molar-refractivity contribution in [3.8, 4) is 5.75 Å². The molecule has 104 valence electrons. The monoisotopic (exact) mass is 286 g/mol. The molecular formula is C13H15FO4S. The van der Waals surface area contributed by atoms with Crippen molar-refractivity contribution < 1.29 is 22.3 Å². The van der Waals surface area contributed by atoms with Crippen molar-refractivity contribution in [2.24, 2.45) is 0 Å². The largest absolute Gasteiger partial charge is 0.497 e. The van der Waals surface area contributed by atoms with Gasteiger partial charge in [-0.1, -0.05) is 6.42 Å². The van der Waals surface area contributed by atoms with Gasteiger partial charge in [0.2, 0.25) is 0 Å². The van der Waals surface area contributed by atoms with Crippen LogP contribution in [0.4, 0.5) is 4.39 Å². The van der Waals surface area contributed by atoms with E-state index in [1.165, 1.54) is 19.2 Å². The second-order valence-corrected chi connectivity index (χ2v) is 6.86. The van der Waals surface area contributed by atoms with E-state index in [4.69, 9.17) is 4.74 Å². The van der Waals surface area contributed by atoms with Gasteiger partial charge in [0.05, 0.1) is 18.4 Å². The Balaban J connectivity index is 2.34. The lowest BCUT2D eigenvalue weighted by Crippen LogP contribution is -2.35. The van der Waals surface area contributed by atoms with E-state index in [2.05, 4.69) is 0 Å². The van der Waals surface area contributed by atoms with E-state index in [0.29, 0.717) is 18.6 Å². The first-order valence-corrected chi connectivity index (χ1v) is 7.76. The number of hydrogen-bond acceptors (Lipinski definition) is 4. The molecule has 4 nitrogen and oxygen atoms in total. The molecule has 1 aliphatic heterocycles. The van der Waals surface area contributed by atoms with Gasteiger partial charge in [-0.2, -0.15) is 0 Å². The molecule has 6 heteroatoms. The third kappa shape index (κ3) is 2.78. The summed E-state index contributed by atoms with van der Waals surface area (Å²) in [5.41, 5.74) is -0.184. The molecule has 1 saturated heterocycles. The van der Waals surface area contributed by atoms with Crippen LogP contribution < -0.4 is 4.74 Å². The second-order valence-electron chi connectivity index (χ2n) is 4.56. The molecule has 1 unspecified atom stereocenters. The Kier molecular flexibility index (Phi) is 3.89. The Hall–Kier alpha value is -1.43. The highest BCUT2D eigenvalue weighted by molar-refractivity contribution is 7.92. The van der Waals surface area contributed by atoms with Crippen molar-refractivity contribution in [3.05, 3.63) is 29.6 Å². The zero-order chi connectivity index (χ0) is 14.0. The topological polar surface area (TPSA) is 60.4 Å². The lowest BCUT2D eigenvalue weighted by atomic mass is 10.0. The SMILES string of the molecule is COc1ccc(C(=O)C2CCCCS2(=O)=O)c(F)c1. The number of ether oxygens (including phenoxy) is 1. The molecule has 19 heavy (non-hydrogen) atoms. The average molecular weight is 286 g/mol. The number of carbonyl (C=O) groups excluding carboxylic acids is 1. The summed E-state index contributed by atoms with van der Waals surface area (Å²) in [4.78, 5) is 12.2. The third-order valence-electron chi connectivity index (χ3n) is 3.31. The lowest BCUT2D eigenvalue weighted by Gasteiger charge is -2.21. The van der Waals surface area contributed by atoms with Crippen molar-refractivity contribution in [3.63, 3.8) is 0 Å². The van der Waals surface area contributed by atoms with Crippen molar-refractivity contribution in [2.45, 2.75) is 24.5 Å². The Morgan fingerprint density at radius 2 is 2.11 bits per heavy atom. The highest BCUT2D eigenvalue weighted by atomic mass is 32.2. The molecule has 1 atom stereocenters. The van der Waals surface area contributed by atoms with Crippen molar-refractivity contribution in [1.82, 2.24) is 0 Å². The van der Waals surface area contributed by atoms with Gasteiger partial charge in [0.15, 0.2) is 15.6 Å². The second kappa shape index (κ2) is 5.28. The first kappa shape index (κ1) is 14.0. The van der Waals surface area contributed by atoms with E-state index < -0.39 is 26.7 Å². The summed E-state index contributed by atoms with van der Waals surface area (Å²) in [5, 5.41) is -1.11. The van der Waals surface area contributed by atoms with Gasteiger partial charge in [-0.15, -0.1) is 0 Å². The van der Waals surface area contributed by atoms with E-state index in [1.54, 1.807) is 0 Å². The molecule has 1 aliphatic rings. The number of halogens is 1. The van der Waals surface area contributed by atoms with Crippen LogP contribution in [-0.4, -0.2) is 32.3 Å². The van der Waals surface area contributed by atoms with Gasteiger partial charge in [0, 0.05) is 6.07 Å². The minimum Gasteiger partial charge on any atom is -0.497 e. The maximum atomic E-state index is 13.8. The van der Waals surface area contributed by atoms with Crippen LogP contribution in [0.15, 0.2) is 18.2 Å². The molecule has 0 aliphatic carbocycles. The minimum absolute atomic E-state index is 0.00117. The van der Waals surface area contributed by atoms with Crippen LogP contribution in [0.25, 0.3) is 0 Å². The zero-order valence-electron chi connectivity index (χ0n) is 10.6. The Bertz CT molecular complexity index is 595. The average Bonchev–Trinajstić information content (AvgIpc) is 2.37. The van der Waals surface area contributed by atoms with E-state index in [1.807, 2.05) is 0 Å². The van der Waals surface area contributed by atoms with Gasteiger partial charge in [-0.05, 0) is 25.0 Å². The lowest BCUT2D eigenvalue weighted by molar-refractivity contribution is 0.0977. The predicted octanol–water partition coefficient (Wildman–Crippen LogP) is 1.98. The summed E-state index contributed by atoms with van der Waals surface area (Å²) in [5.74, 6) is -1.10. The molecule has 0 bridgehead atoms.